The zero-order valence-corrected chi connectivity index (χ0v) is 10.9. The molecule has 9 heteroatoms. The van der Waals surface area contributed by atoms with Crippen molar-refractivity contribution in [2.24, 2.45) is 0 Å². The molecule has 106 valence electrons. The van der Waals surface area contributed by atoms with Gasteiger partial charge in [-0.2, -0.15) is 0 Å². The Morgan fingerprint density at radius 3 is 2.58 bits per heavy atom. The number of carboxylic acid groups (broad SMARTS) is 1. The Labute approximate surface area is 109 Å². The lowest BCUT2D eigenvalue weighted by Gasteiger charge is -2.12. The largest absolute Gasteiger partial charge is 0.478 e. The lowest BCUT2D eigenvalue weighted by Crippen LogP contribution is -2.28. The molecule has 0 aliphatic heterocycles. The highest BCUT2D eigenvalue weighted by atomic mass is 32.2. The second-order valence-corrected chi connectivity index (χ2v) is 5.62. The van der Waals surface area contributed by atoms with Gasteiger partial charge in [0.1, 0.15) is 11.4 Å². The Kier molecular flexibility index (Phi) is 4.67. The van der Waals surface area contributed by atoms with Gasteiger partial charge in [0.25, 0.3) is 0 Å². The zero-order valence-electron chi connectivity index (χ0n) is 10.1. The fourth-order valence-electron chi connectivity index (χ4n) is 1.41. The molecule has 1 rings (SSSR count). The van der Waals surface area contributed by atoms with E-state index in [4.69, 9.17) is 10.8 Å². The molecule has 0 fully saturated rings. The lowest BCUT2D eigenvalue weighted by atomic mass is 10.1. The van der Waals surface area contributed by atoms with Gasteiger partial charge in [-0.05, 0) is 12.1 Å². The minimum atomic E-state index is -3.31. The Balaban J connectivity index is 2.79. The first-order valence-electron chi connectivity index (χ1n) is 5.22. The first-order chi connectivity index (χ1) is 8.72. The van der Waals surface area contributed by atoms with Crippen LogP contribution in [0.5, 0.6) is 0 Å². The Morgan fingerprint density at radius 2 is 2.05 bits per heavy atom. The van der Waals surface area contributed by atoms with Gasteiger partial charge in [-0.15, -0.1) is 0 Å². The van der Waals surface area contributed by atoms with E-state index < -0.39 is 27.5 Å². The van der Waals surface area contributed by atoms with Crippen molar-refractivity contribution in [1.29, 1.82) is 0 Å². The summed E-state index contributed by atoms with van der Waals surface area (Å²) in [4.78, 5) is 11.0. The van der Waals surface area contributed by atoms with Crippen LogP contribution in [-0.2, 0) is 10.0 Å². The Bertz CT molecular complexity index is 589. The average Bonchev–Trinajstić information content (AvgIpc) is 2.27. The van der Waals surface area contributed by atoms with Gasteiger partial charge in [-0.3, -0.25) is 0 Å². The van der Waals surface area contributed by atoms with Crippen LogP contribution in [0.1, 0.15) is 10.4 Å². The summed E-state index contributed by atoms with van der Waals surface area (Å²) in [5, 5.41) is 11.6. The van der Waals surface area contributed by atoms with Gasteiger partial charge in [-0.25, -0.2) is 22.3 Å². The van der Waals surface area contributed by atoms with E-state index in [1.54, 1.807) is 0 Å². The number of anilines is 2. The second kappa shape index (κ2) is 5.85. The van der Waals surface area contributed by atoms with Gasteiger partial charge in [0, 0.05) is 13.1 Å². The number of nitrogens with one attached hydrogen (secondary N) is 2. The van der Waals surface area contributed by atoms with Crippen LogP contribution in [0.15, 0.2) is 12.1 Å². The molecule has 0 atom stereocenters. The topological polar surface area (TPSA) is 122 Å². The summed E-state index contributed by atoms with van der Waals surface area (Å²) in [6.45, 7) is 0.202. The van der Waals surface area contributed by atoms with Crippen LogP contribution in [0.25, 0.3) is 0 Å². The van der Waals surface area contributed by atoms with E-state index in [-0.39, 0.29) is 24.3 Å². The highest BCUT2D eigenvalue weighted by molar-refractivity contribution is 7.88. The van der Waals surface area contributed by atoms with Crippen LogP contribution in [0.2, 0.25) is 0 Å². The molecule has 0 bridgehead atoms. The van der Waals surface area contributed by atoms with Crippen molar-refractivity contribution in [2.45, 2.75) is 0 Å². The molecule has 0 unspecified atom stereocenters. The number of nitrogens with two attached hydrogens (primary N) is 1. The number of rotatable bonds is 6. The molecule has 0 spiro atoms. The molecule has 1 aromatic rings. The molecule has 0 heterocycles. The van der Waals surface area contributed by atoms with Crippen molar-refractivity contribution in [3.8, 4) is 0 Å². The van der Waals surface area contributed by atoms with E-state index in [0.717, 1.165) is 12.3 Å². The predicted octanol–water partition coefficient (Wildman–Crippen LogP) is 0.0672. The van der Waals surface area contributed by atoms with Crippen molar-refractivity contribution in [3.63, 3.8) is 0 Å². The van der Waals surface area contributed by atoms with E-state index in [0.29, 0.717) is 0 Å². The van der Waals surface area contributed by atoms with E-state index in [1.165, 1.54) is 6.07 Å². The second-order valence-electron chi connectivity index (χ2n) is 3.78. The number of benzene rings is 1. The molecule has 1 aromatic carbocycles. The maximum atomic E-state index is 13.2. The van der Waals surface area contributed by atoms with Crippen molar-refractivity contribution in [2.75, 3.05) is 30.4 Å². The number of nitrogen functional groups attached to an aromatic ring is 1. The highest BCUT2D eigenvalue weighted by Crippen LogP contribution is 2.24. The number of carboxylic acids is 1. The van der Waals surface area contributed by atoms with Crippen LogP contribution >= 0.6 is 0 Å². The standard InChI is InChI=1S/C10H14FN3O4S/c1-19(17,18)14-5-4-13-7-3-2-6(11)9(12)8(7)10(15)16/h2-3,13-14H,4-5,12H2,1H3,(H,15,16). The third-order valence-electron chi connectivity index (χ3n) is 2.21. The molecule has 19 heavy (non-hydrogen) atoms. The van der Waals surface area contributed by atoms with Crippen LogP contribution in [0, 0.1) is 5.82 Å². The molecule has 0 saturated carbocycles. The Hall–Kier alpha value is -1.87. The van der Waals surface area contributed by atoms with Crippen molar-refractivity contribution in [3.05, 3.63) is 23.5 Å². The molecule has 0 aliphatic carbocycles. The smallest absolute Gasteiger partial charge is 0.340 e. The van der Waals surface area contributed by atoms with Gasteiger partial charge < -0.3 is 16.2 Å². The number of hydrogen-bond donors (Lipinski definition) is 4. The van der Waals surface area contributed by atoms with E-state index in [2.05, 4.69) is 10.0 Å². The van der Waals surface area contributed by atoms with Gasteiger partial charge in [0.05, 0.1) is 17.6 Å². The summed E-state index contributed by atoms with van der Waals surface area (Å²) in [7, 11) is -3.31. The number of hydrogen-bond acceptors (Lipinski definition) is 5. The van der Waals surface area contributed by atoms with Crippen LogP contribution in [-0.4, -0.2) is 38.8 Å². The molecule has 0 aromatic heterocycles. The van der Waals surface area contributed by atoms with Crippen molar-refractivity contribution < 1.29 is 22.7 Å². The molecule has 5 N–H and O–H groups in total. The number of sulfonamides is 1. The molecule has 7 nitrogen and oxygen atoms in total. The summed E-state index contributed by atoms with van der Waals surface area (Å²) in [5.74, 6) is -2.19. The summed E-state index contributed by atoms with van der Waals surface area (Å²) < 4.78 is 37.0. The van der Waals surface area contributed by atoms with Crippen molar-refractivity contribution in [1.82, 2.24) is 4.72 Å². The minimum absolute atomic E-state index is 0.0647. The minimum Gasteiger partial charge on any atom is -0.478 e. The predicted molar refractivity (Wildman–Crippen MR) is 69.1 cm³/mol. The van der Waals surface area contributed by atoms with E-state index in [1.807, 2.05) is 0 Å². The van der Waals surface area contributed by atoms with Gasteiger partial charge in [0.15, 0.2) is 0 Å². The average molecular weight is 291 g/mol. The molecule has 0 radical (unpaired) electrons. The zero-order chi connectivity index (χ0) is 14.6. The fraction of sp³-hybridized carbons (Fsp3) is 0.300. The summed E-state index contributed by atoms with van der Waals surface area (Å²) >= 11 is 0. The first-order valence-corrected chi connectivity index (χ1v) is 7.11. The van der Waals surface area contributed by atoms with Crippen molar-refractivity contribution >= 4 is 27.4 Å². The molecule has 0 amide bonds. The van der Waals surface area contributed by atoms with Gasteiger partial charge >= 0.3 is 5.97 Å². The molecular weight excluding hydrogens is 277 g/mol. The third-order valence-corrected chi connectivity index (χ3v) is 2.94. The van der Waals surface area contributed by atoms with Crippen LogP contribution < -0.4 is 15.8 Å². The Morgan fingerprint density at radius 1 is 1.42 bits per heavy atom. The number of carbonyl (C=O) groups is 1. The van der Waals surface area contributed by atoms with Crippen LogP contribution in [0.3, 0.4) is 0 Å². The lowest BCUT2D eigenvalue weighted by molar-refractivity contribution is 0.0698. The monoisotopic (exact) mass is 291 g/mol. The number of aromatic carboxylic acids is 1. The molecule has 0 aliphatic rings. The van der Waals surface area contributed by atoms with Gasteiger partial charge in [0.2, 0.25) is 10.0 Å². The molecule has 0 saturated heterocycles. The summed E-state index contributed by atoms with van der Waals surface area (Å²) in [6.07, 6.45) is 1.01. The normalized spacial score (nSPS) is 11.3. The third kappa shape index (κ3) is 4.38. The van der Waals surface area contributed by atoms with E-state index in [9.17, 15) is 17.6 Å². The maximum Gasteiger partial charge on any atom is 0.340 e. The van der Waals surface area contributed by atoms with E-state index >= 15 is 0 Å². The first kappa shape index (κ1) is 15.2. The summed E-state index contributed by atoms with van der Waals surface area (Å²) in [6, 6.07) is 2.27. The number of halogens is 1. The SMILES string of the molecule is CS(=O)(=O)NCCNc1ccc(F)c(N)c1C(=O)O. The quantitative estimate of drug-likeness (QED) is 0.434. The highest BCUT2D eigenvalue weighted by Gasteiger charge is 2.17. The van der Waals surface area contributed by atoms with Crippen LogP contribution in [0.4, 0.5) is 15.8 Å². The summed E-state index contributed by atoms with van der Waals surface area (Å²) in [5.41, 5.74) is 4.64. The molecular formula is C10H14FN3O4S. The maximum absolute atomic E-state index is 13.2. The fourth-order valence-corrected chi connectivity index (χ4v) is 1.88. The van der Waals surface area contributed by atoms with Gasteiger partial charge in [-0.1, -0.05) is 0 Å².